The van der Waals surface area contributed by atoms with E-state index < -0.39 is 0 Å². The molecule has 2 aromatic heterocycles. The third kappa shape index (κ3) is 3.29. The third-order valence-electron chi connectivity index (χ3n) is 3.77. The fourth-order valence-corrected chi connectivity index (χ4v) is 3.53. The van der Waals surface area contributed by atoms with E-state index in [2.05, 4.69) is 15.2 Å². The highest BCUT2D eigenvalue weighted by Crippen LogP contribution is 2.24. The van der Waals surface area contributed by atoms with Gasteiger partial charge in [-0.2, -0.15) is 0 Å². The fourth-order valence-electron chi connectivity index (χ4n) is 2.87. The summed E-state index contributed by atoms with van der Waals surface area (Å²) in [7, 11) is 2.03. The quantitative estimate of drug-likeness (QED) is 0.920. The van der Waals surface area contributed by atoms with Crippen LogP contribution >= 0.6 is 11.3 Å². The van der Waals surface area contributed by atoms with Crippen molar-refractivity contribution in [2.75, 3.05) is 26.7 Å². The first-order valence-corrected chi connectivity index (χ1v) is 8.08. The Morgan fingerprint density at radius 1 is 1.55 bits per heavy atom. The van der Waals surface area contributed by atoms with Gasteiger partial charge in [0.2, 0.25) is 5.89 Å². The largest absolute Gasteiger partial charge is 0.444 e. The molecule has 0 aromatic carbocycles. The van der Waals surface area contributed by atoms with E-state index in [0.29, 0.717) is 0 Å². The van der Waals surface area contributed by atoms with Gasteiger partial charge >= 0.3 is 0 Å². The number of likely N-dealkylation sites (tertiary alicyclic amines) is 1. The molecule has 0 radical (unpaired) electrons. The van der Waals surface area contributed by atoms with Gasteiger partial charge in [0.15, 0.2) is 0 Å². The van der Waals surface area contributed by atoms with E-state index in [1.165, 1.54) is 19.4 Å². The van der Waals surface area contributed by atoms with Crippen molar-refractivity contribution in [2.45, 2.75) is 19.4 Å². The molecule has 0 saturated carbocycles. The molecule has 0 amide bonds. The maximum atomic E-state index is 5.59. The summed E-state index contributed by atoms with van der Waals surface area (Å²) in [4.78, 5) is 8.19. The number of piperidine rings is 1. The summed E-state index contributed by atoms with van der Waals surface area (Å²) < 4.78 is 5.59. The third-order valence-corrected chi connectivity index (χ3v) is 4.62. The molecule has 0 aliphatic carbocycles. The molecule has 108 valence electrons. The Labute approximate surface area is 123 Å². The maximum absolute atomic E-state index is 5.59. The number of aromatic nitrogens is 1. The van der Waals surface area contributed by atoms with E-state index in [0.717, 1.165) is 42.0 Å². The summed E-state index contributed by atoms with van der Waals surface area (Å²) in [6.45, 7) is 4.33. The highest BCUT2D eigenvalue weighted by molar-refractivity contribution is 7.13. The summed E-state index contributed by atoms with van der Waals surface area (Å²) in [5, 5.41) is 5.33. The standard InChI is InChI=1S/C15H21N3OS/c1-16-8-12-4-2-6-18(9-12)10-13-11-19-15(17-13)14-5-3-7-20-14/h3,5,7,11-12,16H,2,4,6,8-10H2,1H3. The molecule has 1 aliphatic rings. The number of thiophene rings is 1. The van der Waals surface area contributed by atoms with Crippen LogP contribution in [0.2, 0.25) is 0 Å². The second-order valence-electron chi connectivity index (χ2n) is 5.42. The van der Waals surface area contributed by atoms with Gasteiger partial charge in [-0.25, -0.2) is 4.98 Å². The van der Waals surface area contributed by atoms with Crippen molar-refractivity contribution in [3.8, 4) is 10.8 Å². The van der Waals surface area contributed by atoms with Crippen molar-refractivity contribution in [2.24, 2.45) is 5.92 Å². The van der Waals surface area contributed by atoms with Crippen molar-refractivity contribution in [1.82, 2.24) is 15.2 Å². The molecule has 3 rings (SSSR count). The highest BCUT2D eigenvalue weighted by Gasteiger charge is 2.20. The Kier molecular flexibility index (Phi) is 4.50. The van der Waals surface area contributed by atoms with E-state index in [1.54, 1.807) is 17.6 Å². The van der Waals surface area contributed by atoms with Gasteiger partial charge in [0.05, 0.1) is 10.6 Å². The number of nitrogens with one attached hydrogen (secondary N) is 1. The van der Waals surface area contributed by atoms with Crippen LogP contribution < -0.4 is 5.32 Å². The van der Waals surface area contributed by atoms with Crippen molar-refractivity contribution in [3.05, 3.63) is 29.5 Å². The number of hydrogen-bond donors (Lipinski definition) is 1. The van der Waals surface area contributed by atoms with Crippen molar-refractivity contribution >= 4 is 11.3 Å². The van der Waals surface area contributed by atoms with Crippen LogP contribution in [0.4, 0.5) is 0 Å². The zero-order valence-electron chi connectivity index (χ0n) is 11.8. The van der Waals surface area contributed by atoms with Gasteiger partial charge < -0.3 is 9.73 Å². The average molecular weight is 291 g/mol. The topological polar surface area (TPSA) is 41.3 Å². The first-order valence-electron chi connectivity index (χ1n) is 7.20. The minimum atomic E-state index is 0.749. The molecule has 1 N–H and O–H groups in total. The van der Waals surface area contributed by atoms with Gasteiger partial charge in [-0.15, -0.1) is 11.3 Å². The lowest BCUT2D eigenvalue weighted by Gasteiger charge is -2.31. The Hall–Kier alpha value is -1.17. The average Bonchev–Trinajstić information content (AvgIpc) is 3.10. The van der Waals surface area contributed by atoms with E-state index in [4.69, 9.17) is 4.42 Å². The van der Waals surface area contributed by atoms with Gasteiger partial charge in [0, 0.05) is 13.1 Å². The molecule has 1 aliphatic heterocycles. The molecule has 1 saturated heterocycles. The van der Waals surface area contributed by atoms with E-state index in [9.17, 15) is 0 Å². The normalized spacial score (nSPS) is 20.4. The summed E-state index contributed by atoms with van der Waals surface area (Å²) in [5.41, 5.74) is 1.04. The van der Waals surface area contributed by atoms with Gasteiger partial charge in [0.25, 0.3) is 0 Å². The molecule has 0 bridgehead atoms. The molecule has 0 spiro atoms. The molecule has 20 heavy (non-hydrogen) atoms. The predicted octanol–water partition coefficient (Wildman–Crippen LogP) is 2.83. The first kappa shape index (κ1) is 13.8. The predicted molar refractivity (Wildman–Crippen MR) is 81.7 cm³/mol. The number of rotatable bonds is 5. The molecule has 1 atom stereocenters. The summed E-state index contributed by atoms with van der Waals surface area (Å²) in [6, 6.07) is 4.07. The second kappa shape index (κ2) is 6.52. The van der Waals surface area contributed by atoms with Crippen LogP contribution in [0.25, 0.3) is 10.8 Å². The van der Waals surface area contributed by atoms with Crippen molar-refractivity contribution in [3.63, 3.8) is 0 Å². The number of hydrogen-bond acceptors (Lipinski definition) is 5. The van der Waals surface area contributed by atoms with E-state index in [1.807, 2.05) is 24.6 Å². The molecule has 5 heteroatoms. The van der Waals surface area contributed by atoms with Gasteiger partial charge in [-0.05, 0) is 50.3 Å². The SMILES string of the molecule is CNCC1CCCN(Cc2coc(-c3cccs3)n2)C1. The van der Waals surface area contributed by atoms with Crippen LogP contribution in [0.3, 0.4) is 0 Å². The monoisotopic (exact) mass is 291 g/mol. The van der Waals surface area contributed by atoms with Crippen LogP contribution in [0.1, 0.15) is 18.5 Å². The molecule has 1 unspecified atom stereocenters. The first-order chi connectivity index (χ1) is 9.85. The fraction of sp³-hybridized carbons (Fsp3) is 0.533. The Morgan fingerprint density at radius 3 is 3.30 bits per heavy atom. The van der Waals surface area contributed by atoms with Gasteiger partial charge in [0.1, 0.15) is 6.26 Å². The van der Waals surface area contributed by atoms with Crippen LogP contribution in [0.15, 0.2) is 28.2 Å². The lowest BCUT2D eigenvalue weighted by molar-refractivity contribution is 0.165. The summed E-state index contributed by atoms with van der Waals surface area (Å²) >= 11 is 1.66. The summed E-state index contributed by atoms with van der Waals surface area (Å²) in [5.74, 6) is 1.51. The zero-order chi connectivity index (χ0) is 13.8. The lowest BCUT2D eigenvalue weighted by Crippen LogP contribution is -2.38. The van der Waals surface area contributed by atoms with Crippen molar-refractivity contribution < 1.29 is 4.42 Å². The molecular formula is C15H21N3OS. The van der Waals surface area contributed by atoms with Crippen LogP contribution in [-0.4, -0.2) is 36.6 Å². The Morgan fingerprint density at radius 2 is 2.50 bits per heavy atom. The lowest BCUT2D eigenvalue weighted by atomic mass is 9.98. The van der Waals surface area contributed by atoms with E-state index >= 15 is 0 Å². The van der Waals surface area contributed by atoms with Gasteiger partial charge in [-0.3, -0.25) is 4.90 Å². The number of oxazole rings is 1. The van der Waals surface area contributed by atoms with Gasteiger partial charge in [-0.1, -0.05) is 6.07 Å². The zero-order valence-corrected chi connectivity index (χ0v) is 12.7. The van der Waals surface area contributed by atoms with Crippen LogP contribution in [0, 0.1) is 5.92 Å². The Balaban J connectivity index is 1.60. The van der Waals surface area contributed by atoms with Crippen LogP contribution in [-0.2, 0) is 6.54 Å². The highest BCUT2D eigenvalue weighted by atomic mass is 32.1. The molecule has 2 aromatic rings. The maximum Gasteiger partial charge on any atom is 0.236 e. The van der Waals surface area contributed by atoms with E-state index in [-0.39, 0.29) is 0 Å². The smallest absolute Gasteiger partial charge is 0.236 e. The minimum Gasteiger partial charge on any atom is -0.444 e. The molecular weight excluding hydrogens is 270 g/mol. The Bertz CT molecular complexity index is 521. The minimum absolute atomic E-state index is 0.749. The molecule has 1 fully saturated rings. The molecule has 4 nitrogen and oxygen atoms in total. The second-order valence-corrected chi connectivity index (χ2v) is 6.37. The van der Waals surface area contributed by atoms with Crippen LogP contribution in [0.5, 0.6) is 0 Å². The van der Waals surface area contributed by atoms with Crippen molar-refractivity contribution in [1.29, 1.82) is 0 Å². The molecule has 3 heterocycles. The summed E-state index contributed by atoms with van der Waals surface area (Å²) in [6.07, 6.45) is 4.41. The number of nitrogens with zero attached hydrogens (tertiary/aromatic N) is 2.